The van der Waals surface area contributed by atoms with Gasteiger partial charge in [-0.15, -0.1) is 0 Å². The SMILES string of the molecule is CCN(CC)C(=O)CN1CCCN(C(=O)C23CC4CC(C)(CC(C)(C4)C2)C3)CC1. The molecule has 5 fully saturated rings. The molecule has 0 aromatic rings. The standard InChI is InChI=1S/C24H41N3O2/c1-5-26(6-2)20(28)15-25-8-7-9-27(11-10-25)21(29)24-14-19-12-22(3,17-24)16-23(4,13-19)18-24/h19H,5-18H2,1-4H3. The first kappa shape index (κ1) is 21.1. The van der Waals surface area contributed by atoms with Gasteiger partial charge in [0.05, 0.1) is 12.0 Å². The molecule has 1 saturated heterocycles. The van der Waals surface area contributed by atoms with Crippen LogP contribution in [0.25, 0.3) is 0 Å². The van der Waals surface area contributed by atoms with Gasteiger partial charge in [-0.3, -0.25) is 14.5 Å². The molecule has 4 aliphatic carbocycles. The topological polar surface area (TPSA) is 43.9 Å². The third-order valence-corrected chi connectivity index (χ3v) is 8.43. The summed E-state index contributed by atoms with van der Waals surface area (Å²) in [5.74, 6) is 1.41. The van der Waals surface area contributed by atoms with E-state index in [9.17, 15) is 9.59 Å². The molecule has 0 N–H and O–H groups in total. The van der Waals surface area contributed by atoms with Gasteiger partial charge in [0.2, 0.25) is 11.8 Å². The number of carbonyl (C=O) groups is 2. The molecular weight excluding hydrogens is 362 g/mol. The molecule has 4 saturated carbocycles. The Morgan fingerprint density at radius 3 is 2.14 bits per heavy atom. The number of carbonyl (C=O) groups excluding carboxylic acids is 2. The Labute approximate surface area is 177 Å². The van der Waals surface area contributed by atoms with Gasteiger partial charge in [-0.05, 0) is 75.5 Å². The normalized spacial score (nSPS) is 39.4. The van der Waals surface area contributed by atoms with E-state index in [2.05, 4.69) is 23.6 Å². The number of rotatable bonds is 5. The fourth-order valence-electron chi connectivity index (χ4n) is 8.22. The van der Waals surface area contributed by atoms with Crippen molar-refractivity contribution in [3.05, 3.63) is 0 Å². The van der Waals surface area contributed by atoms with Crippen molar-refractivity contribution in [1.29, 1.82) is 0 Å². The summed E-state index contributed by atoms with van der Waals surface area (Å²) in [5.41, 5.74) is 0.644. The highest BCUT2D eigenvalue weighted by atomic mass is 16.2. The summed E-state index contributed by atoms with van der Waals surface area (Å²) < 4.78 is 0. The van der Waals surface area contributed by atoms with Crippen LogP contribution in [0.4, 0.5) is 0 Å². The van der Waals surface area contributed by atoms with E-state index in [1.807, 2.05) is 18.7 Å². The third kappa shape index (κ3) is 3.96. The minimum absolute atomic E-state index is 0.102. The molecule has 2 atom stereocenters. The summed E-state index contributed by atoms with van der Waals surface area (Å²) in [6.07, 6.45) is 8.28. The molecule has 5 nitrogen and oxygen atoms in total. The van der Waals surface area contributed by atoms with Crippen LogP contribution in [-0.2, 0) is 9.59 Å². The predicted molar refractivity (Wildman–Crippen MR) is 115 cm³/mol. The summed E-state index contributed by atoms with van der Waals surface area (Å²) in [5, 5.41) is 0. The molecule has 2 unspecified atom stereocenters. The Morgan fingerprint density at radius 1 is 0.897 bits per heavy atom. The summed E-state index contributed by atoms with van der Waals surface area (Å²) >= 11 is 0. The molecule has 4 bridgehead atoms. The highest BCUT2D eigenvalue weighted by Gasteiger charge is 2.63. The van der Waals surface area contributed by atoms with Crippen molar-refractivity contribution in [1.82, 2.24) is 14.7 Å². The number of hydrogen-bond acceptors (Lipinski definition) is 3. The van der Waals surface area contributed by atoms with Gasteiger partial charge < -0.3 is 9.80 Å². The van der Waals surface area contributed by atoms with E-state index >= 15 is 0 Å². The lowest BCUT2D eigenvalue weighted by atomic mass is 9.40. The van der Waals surface area contributed by atoms with Crippen LogP contribution in [0.1, 0.15) is 72.6 Å². The largest absolute Gasteiger partial charge is 0.342 e. The van der Waals surface area contributed by atoms with Crippen LogP contribution in [0.15, 0.2) is 0 Å². The Hall–Kier alpha value is -1.10. The predicted octanol–water partition coefficient (Wildman–Crippen LogP) is 3.39. The van der Waals surface area contributed by atoms with Crippen molar-refractivity contribution < 1.29 is 9.59 Å². The third-order valence-electron chi connectivity index (χ3n) is 8.43. The van der Waals surface area contributed by atoms with Gasteiger partial charge in [0.25, 0.3) is 0 Å². The Kier molecular flexibility index (Phi) is 5.50. The smallest absolute Gasteiger partial charge is 0.236 e. The Morgan fingerprint density at radius 2 is 1.55 bits per heavy atom. The lowest BCUT2D eigenvalue weighted by Gasteiger charge is -2.65. The Bertz CT molecular complexity index is 641. The summed E-state index contributed by atoms with van der Waals surface area (Å²) in [7, 11) is 0. The van der Waals surface area contributed by atoms with Gasteiger partial charge in [-0.2, -0.15) is 0 Å². The minimum Gasteiger partial charge on any atom is -0.342 e. The van der Waals surface area contributed by atoms with Crippen LogP contribution >= 0.6 is 0 Å². The molecule has 0 spiro atoms. The monoisotopic (exact) mass is 403 g/mol. The van der Waals surface area contributed by atoms with Crippen molar-refractivity contribution in [3.8, 4) is 0 Å². The van der Waals surface area contributed by atoms with Crippen LogP contribution in [0.3, 0.4) is 0 Å². The average molecular weight is 404 g/mol. The second-order valence-corrected chi connectivity index (χ2v) is 11.4. The van der Waals surface area contributed by atoms with Crippen LogP contribution in [-0.4, -0.2) is 72.3 Å². The van der Waals surface area contributed by atoms with E-state index in [0.717, 1.165) is 70.9 Å². The number of likely N-dealkylation sites (N-methyl/N-ethyl adjacent to an activating group) is 1. The first-order valence-corrected chi connectivity index (χ1v) is 12.0. The fraction of sp³-hybridized carbons (Fsp3) is 0.917. The van der Waals surface area contributed by atoms with Gasteiger partial charge in [0, 0.05) is 39.3 Å². The molecule has 1 aliphatic heterocycles. The van der Waals surface area contributed by atoms with Crippen LogP contribution < -0.4 is 0 Å². The van der Waals surface area contributed by atoms with Crippen molar-refractivity contribution in [3.63, 3.8) is 0 Å². The molecule has 164 valence electrons. The molecule has 5 rings (SSSR count). The van der Waals surface area contributed by atoms with Gasteiger partial charge >= 0.3 is 0 Å². The maximum atomic E-state index is 13.9. The minimum atomic E-state index is -0.102. The number of hydrogen-bond donors (Lipinski definition) is 0. The fourth-order valence-corrected chi connectivity index (χ4v) is 8.22. The second-order valence-electron chi connectivity index (χ2n) is 11.4. The van der Waals surface area contributed by atoms with Crippen LogP contribution in [0.5, 0.6) is 0 Å². The quantitative estimate of drug-likeness (QED) is 0.707. The highest BCUT2D eigenvalue weighted by Crippen LogP contribution is 2.69. The molecule has 2 amide bonds. The highest BCUT2D eigenvalue weighted by molar-refractivity contribution is 5.83. The molecule has 29 heavy (non-hydrogen) atoms. The van der Waals surface area contributed by atoms with E-state index in [1.54, 1.807) is 0 Å². The van der Waals surface area contributed by atoms with Crippen molar-refractivity contribution in [2.24, 2.45) is 22.2 Å². The molecule has 0 aromatic heterocycles. The van der Waals surface area contributed by atoms with Gasteiger partial charge in [0.15, 0.2) is 0 Å². The molecule has 5 heteroatoms. The van der Waals surface area contributed by atoms with Crippen LogP contribution in [0.2, 0.25) is 0 Å². The summed E-state index contributed by atoms with van der Waals surface area (Å²) in [6, 6.07) is 0. The maximum absolute atomic E-state index is 13.9. The molecule has 1 heterocycles. The second kappa shape index (κ2) is 7.55. The van der Waals surface area contributed by atoms with Gasteiger partial charge in [-0.1, -0.05) is 13.8 Å². The molecule has 0 aromatic carbocycles. The molecule has 5 aliphatic rings. The maximum Gasteiger partial charge on any atom is 0.236 e. The van der Waals surface area contributed by atoms with Crippen molar-refractivity contribution >= 4 is 11.8 Å². The van der Waals surface area contributed by atoms with E-state index in [1.165, 1.54) is 19.3 Å². The van der Waals surface area contributed by atoms with E-state index in [4.69, 9.17) is 0 Å². The first-order valence-electron chi connectivity index (χ1n) is 12.0. The summed E-state index contributed by atoms with van der Waals surface area (Å²) in [4.78, 5) is 32.7. The van der Waals surface area contributed by atoms with E-state index < -0.39 is 0 Å². The zero-order valence-electron chi connectivity index (χ0n) is 19.1. The van der Waals surface area contributed by atoms with E-state index in [-0.39, 0.29) is 11.3 Å². The first-order chi connectivity index (χ1) is 13.7. The average Bonchev–Trinajstić information content (AvgIpc) is 2.84. The summed E-state index contributed by atoms with van der Waals surface area (Å²) in [6.45, 7) is 14.4. The molecular formula is C24H41N3O2. The van der Waals surface area contributed by atoms with E-state index in [0.29, 0.717) is 23.3 Å². The lowest BCUT2D eigenvalue weighted by molar-refractivity contribution is -0.179. The van der Waals surface area contributed by atoms with Crippen LogP contribution in [0, 0.1) is 22.2 Å². The number of nitrogens with zero attached hydrogens (tertiary/aromatic N) is 3. The number of amides is 2. The zero-order chi connectivity index (χ0) is 20.9. The lowest BCUT2D eigenvalue weighted by Crippen LogP contribution is -2.60. The van der Waals surface area contributed by atoms with Gasteiger partial charge in [-0.25, -0.2) is 0 Å². The van der Waals surface area contributed by atoms with Crippen molar-refractivity contribution in [2.75, 3.05) is 45.8 Å². The van der Waals surface area contributed by atoms with Crippen molar-refractivity contribution in [2.45, 2.75) is 72.6 Å². The molecule has 0 radical (unpaired) electrons. The zero-order valence-corrected chi connectivity index (χ0v) is 19.1. The Balaban J connectivity index is 1.41. The van der Waals surface area contributed by atoms with Gasteiger partial charge in [0.1, 0.15) is 0 Å².